The molecule has 1 amide bonds. The maximum atomic E-state index is 11.9. The predicted octanol–water partition coefficient (Wildman–Crippen LogP) is 9.79. The molecule has 0 spiro atoms. The van der Waals surface area contributed by atoms with Crippen LogP contribution in [0.4, 0.5) is 11.4 Å². The number of allylic oxidation sites excluding steroid dienone is 1. The first-order valence-electron chi connectivity index (χ1n) is 21.9. The van der Waals surface area contributed by atoms with E-state index in [-0.39, 0.29) is 55.8 Å². The number of unbranched alkanes of at least 4 members (excludes halogenated alkanes) is 2. The molecule has 342 valence electrons. The topological polar surface area (TPSA) is 188 Å². The summed E-state index contributed by atoms with van der Waals surface area (Å²) in [6.45, 7) is 5.88. The van der Waals surface area contributed by atoms with Gasteiger partial charge in [-0.05, 0) is 121 Å². The zero-order valence-electron chi connectivity index (χ0n) is 36.6. The molecule has 0 saturated heterocycles. The SMILES string of the molecule is C=CCO[C@@]12Oc3ccc(Oc4ccc(OC)c(C=O)c4)cc3[C@H]3[C@H](CCCCO)[C@@H](CCCCO)C=C(C(=NOCc4ccc([N+](=O)[O-])cc4)C[C@@H]1Sc1ccc(NC(C)=O)cc1)[C@H]32. The lowest BCUT2D eigenvalue weighted by Gasteiger charge is -2.58. The number of methoxy groups -OCH3 is 1. The van der Waals surface area contributed by atoms with E-state index in [4.69, 9.17) is 28.9 Å². The maximum absolute atomic E-state index is 11.9. The van der Waals surface area contributed by atoms with Crippen molar-refractivity contribution in [3.05, 3.63) is 136 Å². The van der Waals surface area contributed by atoms with E-state index in [0.717, 1.165) is 48.0 Å². The van der Waals surface area contributed by atoms with E-state index >= 15 is 0 Å². The number of nitrogens with zero attached hydrogens (tertiary/aromatic N) is 2. The third-order valence-corrected chi connectivity index (χ3v) is 13.5. The first-order chi connectivity index (χ1) is 31.6. The number of oxime groups is 1. The number of hydrogen-bond acceptors (Lipinski definition) is 13. The number of rotatable bonds is 22. The minimum Gasteiger partial charge on any atom is -0.496 e. The minimum absolute atomic E-state index is 0.0202. The Morgan fingerprint density at radius 3 is 2.40 bits per heavy atom. The van der Waals surface area contributed by atoms with Gasteiger partial charge in [0.15, 0.2) is 6.29 Å². The van der Waals surface area contributed by atoms with Crippen LogP contribution in [0.3, 0.4) is 0 Å². The van der Waals surface area contributed by atoms with Gasteiger partial charge in [-0.2, -0.15) is 0 Å². The summed E-state index contributed by atoms with van der Waals surface area (Å²) in [5.74, 6) is 0.0270. The Morgan fingerprint density at radius 2 is 1.72 bits per heavy atom. The second kappa shape index (κ2) is 21.8. The Bertz CT molecular complexity index is 2390. The molecule has 15 heteroatoms. The highest BCUT2D eigenvalue weighted by Crippen LogP contribution is 2.63. The van der Waals surface area contributed by atoms with Crippen LogP contribution in [-0.4, -0.2) is 71.0 Å². The Balaban J connectivity index is 1.39. The number of hydrogen-bond donors (Lipinski definition) is 3. The molecule has 1 fully saturated rings. The van der Waals surface area contributed by atoms with Gasteiger partial charge in [0.1, 0.15) is 29.6 Å². The molecule has 3 aliphatic rings. The van der Waals surface area contributed by atoms with Gasteiger partial charge in [0, 0.05) is 60.8 Å². The summed E-state index contributed by atoms with van der Waals surface area (Å²) in [6, 6.07) is 24.6. The third kappa shape index (κ3) is 10.8. The number of ether oxygens (including phenoxy) is 4. The number of nitro groups is 1. The summed E-state index contributed by atoms with van der Waals surface area (Å²) in [6.07, 6.45) is 9.52. The summed E-state index contributed by atoms with van der Waals surface area (Å²) in [7, 11) is 1.51. The van der Waals surface area contributed by atoms with Crippen LogP contribution in [0.5, 0.6) is 23.0 Å². The number of nitro benzene ring substituents is 1. The summed E-state index contributed by atoms with van der Waals surface area (Å²) in [5, 5.41) is 38.5. The molecule has 1 saturated carbocycles. The number of carbonyl (C=O) groups excluding carboxylic acids is 2. The van der Waals surface area contributed by atoms with Gasteiger partial charge in [0.25, 0.3) is 5.69 Å². The molecule has 2 aliphatic carbocycles. The van der Waals surface area contributed by atoms with Crippen molar-refractivity contribution in [3.8, 4) is 23.0 Å². The molecule has 0 unspecified atom stereocenters. The summed E-state index contributed by atoms with van der Waals surface area (Å²) in [4.78, 5) is 41.8. The molecular formula is C50H55N3O11S. The van der Waals surface area contributed by atoms with E-state index in [2.05, 4.69) is 18.0 Å². The van der Waals surface area contributed by atoms with E-state index in [1.165, 1.54) is 26.2 Å². The highest BCUT2D eigenvalue weighted by molar-refractivity contribution is 8.00. The van der Waals surface area contributed by atoms with Gasteiger partial charge < -0.3 is 39.3 Å². The Hall–Kier alpha value is -6.00. The van der Waals surface area contributed by atoms with Crippen molar-refractivity contribution in [1.29, 1.82) is 0 Å². The number of aldehydes is 1. The number of aliphatic hydroxyl groups is 2. The smallest absolute Gasteiger partial charge is 0.269 e. The van der Waals surface area contributed by atoms with E-state index in [9.17, 15) is 29.9 Å². The lowest BCUT2D eigenvalue weighted by molar-refractivity contribution is -0.384. The monoisotopic (exact) mass is 905 g/mol. The fraction of sp³-hybridized carbons (Fsp3) is 0.380. The van der Waals surface area contributed by atoms with Crippen molar-refractivity contribution in [2.45, 2.75) is 80.3 Å². The quantitative estimate of drug-likeness (QED) is 0.0223. The first kappa shape index (κ1) is 47.0. The molecule has 3 N–H and O–H groups in total. The number of non-ortho nitro benzene ring substituents is 1. The fourth-order valence-electron chi connectivity index (χ4n) is 9.38. The van der Waals surface area contributed by atoms with Crippen molar-refractivity contribution in [2.24, 2.45) is 22.9 Å². The minimum atomic E-state index is -1.27. The molecule has 4 aromatic rings. The molecule has 1 aliphatic heterocycles. The van der Waals surface area contributed by atoms with Crippen LogP contribution in [0, 0.1) is 27.9 Å². The summed E-state index contributed by atoms with van der Waals surface area (Å²) >= 11 is 1.58. The zero-order chi connectivity index (χ0) is 45.9. The molecular weight excluding hydrogens is 851 g/mol. The molecule has 65 heavy (non-hydrogen) atoms. The average molecular weight is 906 g/mol. The second-order valence-corrected chi connectivity index (χ2v) is 17.7. The molecule has 0 aromatic heterocycles. The number of nitrogens with one attached hydrogen (secondary N) is 1. The number of anilines is 1. The van der Waals surface area contributed by atoms with E-state index in [1.807, 2.05) is 42.5 Å². The van der Waals surface area contributed by atoms with Crippen molar-refractivity contribution in [3.63, 3.8) is 0 Å². The number of benzene rings is 4. The third-order valence-electron chi connectivity index (χ3n) is 12.2. The van der Waals surface area contributed by atoms with Gasteiger partial charge in [-0.15, -0.1) is 18.3 Å². The predicted molar refractivity (Wildman–Crippen MR) is 248 cm³/mol. The molecule has 1 heterocycles. The number of thioether (sulfide) groups is 1. The Kier molecular flexibility index (Phi) is 15.7. The van der Waals surface area contributed by atoms with Gasteiger partial charge in [0.2, 0.25) is 11.7 Å². The highest BCUT2D eigenvalue weighted by atomic mass is 32.2. The van der Waals surface area contributed by atoms with Crippen LogP contribution in [0.2, 0.25) is 0 Å². The number of amides is 1. The van der Waals surface area contributed by atoms with Crippen LogP contribution in [0.25, 0.3) is 0 Å². The molecule has 6 atom stereocenters. The number of fused-ring (bicyclic) bond motifs is 2. The lowest BCUT2D eigenvalue weighted by atomic mass is 9.56. The van der Waals surface area contributed by atoms with Crippen molar-refractivity contribution < 1.29 is 48.5 Å². The molecule has 14 nitrogen and oxygen atoms in total. The zero-order valence-corrected chi connectivity index (χ0v) is 37.4. The van der Waals surface area contributed by atoms with Crippen molar-refractivity contribution in [1.82, 2.24) is 0 Å². The molecule has 7 rings (SSSR count). The molecule has 0 radical (unpaired) electrons. The fourth-order valence-corrected chi connectivity index (χ4v) is 10.7. The molecule has 0 bridgehead atoms. The van der Waals surface area contributed by atoms with Gasteiger partial charge in [-0.3, -0.25) is 19.7 Å². The number of aliphatic hydroxyl groups excluding tert-OH is 2. The first-order valence-corrected chi connectivity index (χ1v) is 22.8. The standard InChI is InChI=1S/C50H55N3O11S/c1-4-25-61-50-47(65-40-19-13-36(14-20-40)51-32(2)57)29-44(52-62-31-33-11-15-37(16-12-33)53(58)59)42-27-34(9-5-7-23-54)41(10-6-8-24-55)48(49(42)50)43-28-39(18-22-46(43)64-50)63-38-17-21-45(60-3)35(26-38)30-56/h4,11-22,26-28,30,34,41,47-49,54-55H,1,5-10,23-25,29,31H2,2-3H3,(H,51,57)/t34-,41+,47-,48+,49+,50+/m0/s1. The Labute approximate surface area is 382 Å². The van der Waals surface area contributed by atoms with Crippen LogP contribution >= 0.6 is 11.8 Å². The summed E-state index contributed by atoms with van der Waals surface area (Å²) < 4.78 is 26.2. The average Bonchev–Trinajstić information content (AvgIpc) is 3.30. The largest absolute Gasteiger partial charge is 0.496 e. The normalized spacial score (nSPS) is 22.4. The van der Waals surface area contributed by atoms with Gasteiger partial charge in [-0.1, -0.05) is 30.1 Å². The van der Waals surface area contributed by atoms with Crippen molar-refractivity contribution in [2.75, 3.05) is 32.2 Å². The van der Waals surface area contributed by atoms with E-state index in [1.54, 1.807) is 48.2 Å². The maximum Gasteiger partial charge on any atom is 0.269 e. The lowest BCUT2D eigenvalue weighted by Crippen LogP contribution is -2.64. The number of carbonyl (C=O) groups is 2. The van der Waals surface area contributed by atoms with Crippen LogP contribution in [0.15, 0.2) is 119 Å². The van der Waals surface area contributed by atoms with Crippen LogP contribution < -0.4 is 19.5 Å². The van der Waals surface area contributed by atoms with Gasteiger partial charge in [-0.25, -0.2) is 0 Å². The van der Waals surface area contributed by atoms with Crippen LogP contribution in [-0.2, 0) is 21.0 Å². The Morgan fingerprint density at radius 1 is 1.00 bits per heavy atom. The highest BCUT2D eigenvalue weighted by Gasteiger charge is 2.64. The van der Waals surface area contributed by atoms with E-state index < -0.39 is 21.9 Å². The molecule has 4 aromatic carbocycles. The summed E-state index contributed by atoms with van der Waals surface area (Å²) in [5.41, 5.74) is 4.27. The van der Waals surface area contributed by atoms with Gasteiger partial charge >= 0.3 is 0 Å². The van der Waals surface area contributed by atoms with Gasteiger partial charge in [0.05, 0.1) is 41.1 Å². The van der Waals surface area contributed by atoms with Crippen LogP contribution in [0.1, 0.15) is 79.3 Å². The second-order valence-electron chi connectivity index (χ2n) is 16.4. The van der Waals surface area contributed by atoms with E-state index in [0.29, 0.717) is 64.8 Å². The van der Waals surface area contributed by atoms with Crippen molar-refractivity contribution >= 4 is 41.0 Å².